The summed E-state index contributed by atoms with van der Waals surface area (Å²) in [5, 5.41) is 8.24. The second-order valence-electron chi connectivity index (χ2n) is 7.46. The molecule has 0 aliphatic carbocycles. The zero-order valence-electron chi connectivity index (χ0n) is 17.8. The minimum atomic E-state index is -0.176. The molecule has 6 nitrogen and oxygen atoms in total. The summed E-state index contributed by atoms with van der Waals surface area (Å²) in [7, 11) is 1.95. The van der Waals surface area contributed by atoms with Crippen molar-refractivity contribution in [3.8, 4) is 0 Å². The second kappa shape index (κ2) is 8.78. The Kier molecular flexibility index (Phi) is 5.91. The van der Waals surface area contributed by atoms with Crippen LogP contribution in [0.15, 0.2) is 54.6 Å². The molecular weight excluding hydrogens is 410 g/mol. The first-order valence-electron chi connectivity index (χ1n) is 10.1. The van der Waals surface area contributed by atoms with E-state index in [-0.39, 0.29) is 5.91 Å². The SMILES string of the molecule is Cc1nn(Cc2ccccc2Cl)c(C)c1/C=C/C(=O)NCc1nc2ccccc2n1C. The molecule has 0 radical (unpaired) electrons. The largest absolute Gasteiger partial charge is 0.345 e. The summed E-state index contributed by atoms with van der Waals surface area (Å²) in [5.74, 6) is 0.632. The number of rotatable bonds is 6. The van der Waals surface area contributed by atoms with E-state index in [1.807, 2.05) is 84.8 Å². The molecule has 0 fully saturated rings. The van der Waals surface area contributed by atoms with Gasteiger partial charge in [0.05, 0.1) is 29.8 Å². The van der Waals surface area contributed by atoms with Gasteiger partial charge in [0.15, 0.2) is 0 Å². The van der Waals surface area contributed by atoms with Gasteiger partial charge in [0, 0.05) is 29.4 Å². The van der Waals surface area contributed by atoms with Crippen LogP contribution in [0.4, 0.5) is 0 Å². The van der Waals surface area contributed by atoms with Gasteiger partial charge >= 0.3 is 0 Å². The summed E-state index contributed by atoms with van der Waals surface area (Å²) in [6.45, 7) is 4.87. The van der Waals surface area contributed by atoms with Crippen LogP contribution >= 0.6 is 11.6 Å². The Bertz CT molecular complexity index is 1280. The normalized spacial score (nSPS) is 11.5. The van der Waals surface area contributed by atoms with E-state index in [0.717, 1.165) is 39.4 Å². The number of hydrogen-bond acceptors (Lipinski definition) is 3. The standard InChI is InChI=1S/C24H24ClN5O/c1-16-19(17(2)30(28-16)15-18-8-4-5-9-20(18)25)12-13-24(31)26-14-23-27-21-10-6-7-11-22(21)29(23)3/h4-13H,14-15H2,1-3H3,(H,26,31)/b13-12+. The molecular formula is C24H24ClN5O. The highest BCUT2D eigenvalue weighted by Gasteiger charge is 2.12. The number of nitrogens with zero attached hydrogens (tertiary/aromatic N) is 4. The van der Waals surface area contributed by atoms with Crippen LogP contribution in [0.3, 0.4) is 0 Å². The number of carbonyl (C=O) groups excluding carboxylic acids is 1. The third-order valence-electron chi connectivity index (χ3n) is 5.42. The van der Waals surface area contributed by atoms with Gasteiger partial charge in [-0.3, -0.25) is 9.48 Å². The number of hydrogen-bond donors (Lipinski definition) is 1. The number of imidazole rings is 1. The highest BCUT2D eigenvalue weighted by atomic mass is 35.5. The molecule has 0 bridgehead atoms. The van der Waals surface area contributed by atoms with E-state index in [2.05, 4.69) is 15.4 Å². The number of aromatic nitrogens is 4. The molecule has 2 heterocycles. The molecule has 0 spiro atoms. The first-order chi connectivity index (χ1) is 14.9. The highest BCUT2D eigenvalue weighted by Crippen LogP contribution is 2.20. The van der Waals surface area contributed by atoms with Crippen LogP contribution in [-0.4, -0.2) is 25.2 Å². The zero-order chi connectivity index (χ0) is 22.0. The molecule has 2 aromatic heterocycles. The first kappa shape index (κ1) is 20.9. The van der Waals surface area contributed by atoms with Crippen molar-refractivity contribution >= 4 is 34.6 Å². The van der Waals surface area contributed by atoms with Crippen LogP contribution < -0.4 is 5.32 Å². The lowest BCUT2D eigenvalue weighted by Crippen LogP contribution is -2.22. The molecule has 0 atom stereocenters. The van der Waals surface area contributed by atoms with Crippen molar-refractivity contribution in [1.29, 1.82) is 0 Å². The summed E-state index contributed by atoms with van der Waals surface area (Å²) < 4.78 is 3.90. The van der Waals surface area contributed by atoms with Crippen molar-refractivity contribution in [3.63, 3.8) is 0 Å². The maximum atomic E-state index is 12.4. The predicted octanol–water partition coefficient (Wildman–Crippen LogP) is 4.42. The fourth-order valence-corrected chi connectivity index (χ4v) is 3.83. The number of aryl methyl sites for hydroxylation is 2. The predicted molar refractivity (Wildman–Crippen MR) is 124 cm³/mol. The molecule has 4 aromatic rings. The number of nitrogens with one attached hydrogen (secondary N) is 1. The third kappa shape index (κ3) is 4.39. The molecule has 2 aromatic carbocycles. The van der Waals surface area contributed by atoms with Gasteiger partial charge in [-0.1, -0.05) is 41.9 Å². The van der Waals surface area contributed by atoms with Crippen LogP contribution in [-0.2, 0) is 24.9 Å². The lowest BCUT2D eigenvalue weighted by atomic mass is 10.1. The Labute approximate surface area is 186 Å². The van der Waals surface area contributed by atoms with Gasteiger partial charge in [0.25, 0.3) is 0 Å². The summed E-state index contributed by atoms with van der Waals surface area (Å²) in [4.78, 5) is 17.0. The number of carbonyl (C=O) groups is 1. The molecule has 4 rings (SSSR count). The van der Waals surface area contributed by atoms with Crippen molar-refractivity contribution in [3.05, 3.63) is 88.0 Å². The molecule has 1 amide bonds. The van der Waals surface area contributed by atoms with Gasteiger partial charge in [-0.25, -0.2) is 4.98 Å². The Hall–Kier alpha value is -3.38. The van der Waals surface area contributed by atoms with Gasteiger partial charge in [-0.15, -0.1) is 0 Å². The smallest absolute Gasteiger partial charge is 0.244 e. The Morgan fingerprint density at radius 2 is 1.87 bits per heavy atom. The van der Waals surface area contributed by atoms with E-state index >= 15 is 0 Å². The molecule has 0 aliphatic heterocycles. The third-order valence-corrected chi connectivity index (χ3v) is 5.79. The summed E-state index contributed by atoms with van der Waals surface area (Å²) in [5.41, 5.74) is 5.75. The second-order valence-corrected chi connectivity index (χ2v) is 7.87. The van der Waals surface area contributed by atoms with Crippen LogP contribution in [0, 0.1) is 13.8 Å². The lowest BCUT2D eigenvalue weighted by Gasteiger charge is -2.06. The van der Waals surface area contributed by atoms with E-state index in [1.165, 1.54) is 0 Å². The maximum Gasteiger partial charge on any atom is 0.244 e. The minimum Gasteiger partial charge on any atom is -0.345 e. The van der Waals surface area contributed by atoms with Gasteiger partial charge < -0.3 is 9.88 Å². The number of benzene rings is 2. The van der Waals surface area contributed by atoms with Crippen molar-refractivity contribution in [1.82, 2.24) is 24.6 Å². The van der Waals surface area contributed by atoms with Crippen molar-refractivity contribution in [2.24, 2.45) is 7.05 Å². The molecule has 0 unspecified atom stereocenters. The molecule has 158 valence electrons. The zero-order valence-corrected chi connectivity index (χ0v) is 18.5. The van der Waals surface area contributed by atoms with Crippen LogP contribution in [0.2, 0.25) is 5.02 Å². The molecule has 7 heteroatoms. The summed E-state index contributed by atoms with van der Waals surface area (Å²) in [6.07, 6.45) is 3.35. The maximum absolute atomic E-state index is 12.4. The fourth-order valence-electron chi connectivity index (χ4n) is 3.63. The number of halogens is 1. The summed E-state index contributed by atoms with van der Waals surface area (Å²) in [6, 6.07) is 15.6. The Morgan fingerprint density at radius 1 is 1.13 bits per heavy atom. The first-order valence-corrected chi connectivity index (χ1v) is 10.5. The van der Waals surface area contributed by atoms with Crippen molar-refractivity contribution in [2.45, 2.75) is 26.9 Å². The monoisotopic (exact) mass is 433 g/mol. The van der Waals surface area contributed by atoms with Gasteiger partial charge in [-0.05, 0) is 43.7 Å². The van der Waals surface area contributed by atoms with Crippen molar-refractivity contribution in [2.75, 3.05) is 0 Å². The molecule has 0 aliphatic rings. The number of fused-ring (bicyclic) bond motifs is 1. The van der Waals surface area contributed by atoms with E-state index < -0.39 is 0 Å². The van der Waals surface area contributed by atoms with E-state index in [4.69, 9.17) is 11.6 Å². The van der Waals surface area contributed by atoms with Gasteiger partial charge in [0.1, 0.15) is 5.82 Å². The topological polar surface area (TPSA) is 64.7 Å². The quantitative estimate of drug-likeness (QED) is 0.458. The Balaban J connectivity index is 1.44. The minimum absolute atomic E-state index is 0.176. The highest BCUT2D eigenvalue weighted by molar-refractivity contribution is 6.31. The molecule has 0 saturated carbocycles. The average Bonchev–Trinajstić information content (AvgIpc) is 3.22. The molecule has 31 heavy (non-hydrogen) atoms. The van der Waals surface area contributed by atoms with Crippen LogP contribution in [0.5, 0.6) is 0 Å². The van der Waals surface area contributed by atoms with Gasteiger partial charge in [0.2, 0.25) is 5.91 Å². The van der Waals surface area contributed by atoms with E-state index in [9.17, 15) is 4.79 Å². The summed E-state index contributed by atoms with van der Waals surface area (Å²) >= 11 is 6.28. The average molecular weight is 434 g/mol. The lowest BCUT2D eigenvalue weighted by molar-refractivity contribution is -0.116. The number of para-hydroxylation sites is 2. The van der Waals surface area contributed by atoms with Crippen LogP contribution in [0.1, 0.15) is 28.3 Å². The van der Waals surface area contributed by atoms with Crippen LogP contribution in [0.25, 0.3) is 17.1 Å². The van der Waals surface area contributed by atoms with Crippen molar-refractivity contribution < 1.29 is 4.79 Å². The number of amides is 1. The molecule has 1 N–H and O–H groups in total. The van der Waals surface area contributed by atoms with E-state index in [0.29, 0.717) is 18.1 Å². The van der Waals surface area contributed by atoms with E-state index in [1.54, 1.807) is 6.08 Å². The molecule has 0 saturated heterocycles. The van der Waals surface area contributed by atoms with Gasteiger partial charge in [-0.2, -0.15) is 5.10 Å². The Morgan fingerprint density at radius 3 is 2.65 bits per heavy atom. The fraction of sp³-hybridized carbons (Fsp3) is 0.208.